The first-order valence-electron chi connectivity index (χ1n) is 12.7. The van der Waals surface area contributed by atoms with Gasteiger partial charge < -0.3 is 4.42 Å². The summed E-state index contributed by atoms with van der Waals surface area (Å²) in [5.41, 5.74) is 3.90. The van der Waals surface area contributed by atoms with Crippen molar-refractivity contribution in [1.82, 2.24) is 0 Å². The summed E-state index contributed by atoms with van der Waals surface area (Å²) in [5.74, 6) is 0.640. The lowest BCUT2D eigenvalue weighted by atomic mass is 10.1. The summed E-state index contributed by atoms with van der Waals surface area (Å²) in [6.45, 7) is 0. The van der Waals surface area contributed by atoms with Crippen LogP contribution in [0.5, 0.6) is 0 Å². The lowest BCUT2D eigenvalue weighted by Gasteiger charge is -2.31. The van der Waals surface area contributed by atoms with Gasteiger partial charge in [0.05, 0.1) is 23.3 Å². The molecule has 2 aliphatic heterocycles. The van der Waals surface area contributed by atoms with Gasteiger partial charge in [0.1, 0.15) is 17.3 Å². The van der Waals surface area contributed by atoms with Crippen LogP contribution in [-0.4, -0.2) is 17.6 Å². The van der Waals surface area contributed by atoms with Gasteiger partial charge in [-0.25, -0.2) is 4.99 Å². The molecule has 192 valence electrons. The van der Waals surface area contributed by atoms with E-state index in [-0.39, 0.29) is 17.5 Å². The maximum Gasteiger partial charge on any atom is 0.282 e. The highest BCUT2D eigenvalue weighted by atomic mass is 32.2. The molecule has 2 aliphatic rings. The lowest BCUT2D eigenvalue weighted by Crippen LogP contribution is -2.33. The fraction of sp³-hybridized carbons (Fsp3) is 0. The molecule has 0 aliphatic carbocycles. The zero-order valence-corrected chi connectivity index (χ0v) is 21.9. The average Bonchev–Trinajstić information content (AvgIpc) is 3.64. The van der Waals surface area contributed by atoms with Gasteiger partial charge >= 0.3 is 0 Å². The first-order chi connectivity index (χ1) is 19.7. The molecular formula is C33H21N3O3S. The highest BCUT2D eigenvalue weighted by molar-refractivity contribution is 7.99. The van der Waals surface area contributed by atoms with E-state index in [2.05, 4.69) is 4.99 Å². The Bertz CT molecular complexity index is 1760. The second-order valence-electron chi connectivity index (χ2n) is 9.21. The quantitative estimate of drug-likeness (QED) is 0.221. The van der Waals surface area contributed by atoms with Gasteiger partial charge in [-0.15, -0.1) is 0 Å². The Morgan fingerprint density at radius 2 is 1.40 bits per heavy atom. The molecule has 0 unspecified atom stereocenters. The molecule has 5 aromatic rings. The minimum Gasteiger partial charge on any atom is -0.465 e. The Kier molecular flexibility index (Phi) is 5.91. The highest BCUT2D eigenvalue weighted by Crippen LogP contribution is 2.48. The van der Waals surface area contributed by atoms with Gasteiger partial charge in [0.2, 0.25) is 0 Å². The summed E-state index contributed by atoms with van der Waals surface area (Å²) >= 11 is 1.65. The molecule has 0 N–H and O–H groups in total. The van der Waals surface area contributed by atoms with E-state index in [9.17, 15) is 9.59 Å². The van der Waals surface area contributed by atoms with Crippen LogP contribution < -0.4 is 9.80 Å². The lowest BCUT2D eigenvalue weighted by molar-refractivity contribution is -0.113. The number of carbonyl (C=O) groups excluding carboxylic acids is 2. The number of anilines is 3. The Morgan fingerprint density at radius 1 is 0.750 bits per heavy atom. The summed E-state index contributed by atoms with van der Waals surface area (Å²) in [7, 11) is 0. The number of rotatable bonds is 4. The highest BCUT2D eigenvalue weighted by Gasteiger charge is 2.33. The summed E-state index contributed by atoms with van der Waals surface area (Å²) in [4.78, 5) is 37.6. The van der Waals surface area contributed by atoms with Crippen LogP contribution in [0.3, 0.4) is 0 Å². The van der Waals surface area contributed by atoms with Crippen LogP contribution in [0, 0.1) is 0 Å². The van der Waals surface area contributed by atoms with Gasteiger partial charge in [0.25, 0.3) is 11.8 Å². The minimum atomic E-state index is -0.273. The van der Waals surface area contributed by atoms with E-state index in [0.29, 0.717) is 22.8 Å². The molecule has 0 bridgehead atoms. The minimum absolute atomic E-state index is 0.144. The molecule has 40 heavy (non-hydrogen) atoms. The molecule has 7 heteroatoms. The smallest absolute Gasteiger partial charge is 0.282 e. The SMILES string of the molecule is O=C1/C(=C/c2ccco2)N=C(c2ccccc2)N1c1ccc(C(=O)N2c3ccccc3Sc3ccccc32)cc1. The van der Waals surface area contributed by atoms with Crippen molar-refractivity contribution in [1.29, 1.82) is 0 Å². The van der Waals surface area contributed by atoms with Crippen molar-refractivity contribution in [2.24, 2.45) is 4.99 Å². The average molecular weight is 540 g/mol. The topological polar surface area (TPSA) is 66.1 Å². The van der Waals surface area contributed by atoms with E-state index in [0.717, 1.165) is 26.7 Å². The fourth-order valence-electron chi connectivity index (χ4n) is 4.85. The standard InChI is InChI=1S/C33H21N3O3S/c37-32(36-27-12-4-6-14-29(27)40-30-15-7-5-13-28(30)36)23-16-18-24(19-17-23)35-31(22-9-2-1-3-10-22)34-26(33(35)38)21-25-11-8-20-39-25/h1-21H/b26-21-. The molecule has 0 spiro atoms. The van der Waals surface area contributed by atoms with Gasteiger partial charge in [-0.2, -0.15) is 0 Å². The second kappa shape index (κ2) is 9.87. The summed E-state index contributed by atoms with van der Waals surface area (Å²) in [5, 5.41) is 0. The summed E-state index contributed by atoms with van der Waals surface area (Å²) in [6, 6.07) is 36.0. The Morgan fingerprint density at radius 3 is 2.05 bits per heavy atom. The van der Waals surface area contributed by atoms with Crippen molar-refractivity contribution in [3.63, 3.8) is 0 Å². The third kappa shape index (κ3) is 4.13. The maximum absolute atomic E-state index is 13.9. The van der Waals surface area contributed by atoms with E-state index in [1.165, 1.54) is 0 Å². The predicted octanol–water partition coefficient (Wildman–Crippen LogP) is 7.56. The van der Waals surface area contributed by atoms with E-state index >= 15 is 0 Å². The Balaban J connectivity index is 1.25. The van der Waals surface area contributed by atoms with Gasteiger partial charge in [-0.3, -0.25) is 19.4 Å². The summed E-state index contributed by atoms with van der Waals surface area (Å²) in [6.07, 6.45) is 3.19. The predicted molar refractivity (Wildman–Crippen MR) is 157 cm³/mol. The molecule has 0 radical (unpaired) electrons. The zero-order chi connectivity index (χ0) is 27.1. The van der Waals surface area contributed by atoms with E-state index in [1.807, 2.05) is 78.9 Å². The number of hydrogen-bond donors (Lipinski definition) is 0. The molecule has 1 aromatic heterocycles. The van der Waals surface area contributed by atoms with E-state index in [1.54, 1.807) is 70.3 Å². The molecular weight excluding hydrogens is 518 g/mol. The fourth-order valence-corrected chi connectivity index (χ4v) is 5.91. The molecule has 6 nitrogen and oxygen atoms in total. The van der Waals surface area contributed by atoms with Crippen molar-refractivity contribution < 1.29 is 14.0 Å². The number of amides is 2. The third-order valence-corrected chi connectivity index (χ3v) is 7.85. The zero-order valence-electron chi connectivity index (χ0n) is 21.1. The molecule has 2 amide bonds. The van der Waals surface area contributed by atoms with Gasteiger partial charge in [-0.1, -0.05) is 66.4 Å². The van der Waals surface area contributed by atoms with Gasteiger partial charge in [0.15, 0.2) is 0 Å². The number of hydrogen-bond acceptors (Lipinski definition) is 5. The van der Waals surface area contributed by atoms with Crippen LogP contribution in [0.2, 0.25) is 0 Å². The number of nitrogens with zero attached hydrogens (tertiary/aromatic N) is 3. The molecule has 3 heterocycles. The third-order valence-electron chi connectivity index (χ3n) is 6.72. The number of furan rings is 1. The first kappa shape index (κ1) is 23.9. The van der Waals surface area contributed by atoms with Gasteiger partial charge in [-0.05, 0) is 60.7 Å². The number of benzene rings is 4. The number of amidine groups is 1. The van der Waals surface area contributed by atoms with Crippen molar-refractivity contribution in [2.45, 2.75) is 9.79 Å². The van der Waals surface area contributed by atoms with Crippen LogP contribution >= 0.6 is 11.8 Å². The molecule has 0 fully saturated rings. The van der Waals surface area contributed by atoms with Crippen molar-refractivity contribution in [3.05, 3.63) is 144 Å². The molecule has 7 rings (SSSR count). The van der Waals surface area contributed by atoms with Crippen LogP contribution in [0.1, 0.15) is 21.7 Å². The molecule has 0 atom stereocenters. The maximum atomic E-state index is 13.9. The number of fused-ring (bicyclic) bond motifs is 2. The van der Waals surface area contributed by atoms with Crippen molar-refractivity contribution in [2.75, 3.05) is 9.80 Å². The number of para-hydroxylation sites is 2. The van der Waals surface area contributed by atoms with Crippen LogP contribution in [0.15, 0.2) is 146 Å². The largest absolute Gasteiger partial charge is 0.465 e. The monoisotopic (exact) mass is 539 g/mol. The Labute approximate surface area is 234 Å². The van der Waals surface area contributed by atoms with Crippen LogP contribution in [0.4, 0.5) is 17.1 Å². The molecule has 0 saturated heterocycles. The van der Waals surface area contributed by atoms with E-state index in [4.69, 9.17) is 4.42 Å². The van der Waals surface area contributed by atoms with Crippen LogP contribution in [-0.2, 0) is 4.79 Å². The second-order valence-corrected chi connectivity index (χ2v) is 10.3. The summed E-state index contributed by atoms with van der Waals surface area (Å²) < 4.78 is 5.42. The normalized spacial score (nSPS) is 15.2. The molecule has 0 saturated carbocycles. The number of aliphatic imine (C=N–C) groups is 1. The van der Waals surface area contributed by atoms with Gasteiger partial charge in [0, 0.05) is 27.0 Å². The first-order valence-corrected chi connectivity index (χ1v) is 13.5. The number of carbonyl (C=O) groups is 2. The van der Waals surface area contributed by atoms with Crippen molar-refractivity contribution in [3.8, 4) is 0 Å². The van der Waals surface area contributed by atoms with E-state index < -0.39 is 0 Å². The molecule has 4 aromatic carbocycles. The Hall–Kier alpha value is -5.14. The van der Waals surface area contributed by atoms with Crippen LogP contribution in [0.25, 0.3) is 6.08 Å². The van der Waals surface area contributed by atoms with Crippen molar-refractivity contribution >= 4 is 52.6 Å².